The van der Waals surface area contributed by atoms with Gasteiger partial charge in [-0.2, -0.15) is 0 Å². The summed E-state index contributed by atoms with van der Waals surface area (Å²) in [5.41, 5.74) is 6.33. The van der Waals surface area contributed by atoms with Crippen LogP contribution in [0.5, 0.6) is 5.75 Å². The molecule has 0 aliphatic rings. The molecule has 5 nitrogen and oxygen atoms in total. The quantitative estimate of drug-likeness (QED) is 0.360. The maximum Gasteiger partial charge on any atom is 0.255 e. The van der Waals surface area contributed by atoms with Crippen molar-refractivity contribution in [3.63, 3.8) is 0 Å². The number of ether oxygens (including phenoxy) is 1. The van der Waals surface area contributed by atoms with Crippen molar-refractivity contribution < 1.29 is 13.9 Å². The molecule has 4 rings (SSSR count). The van der Waals surface area contributed by atoms with Crippen LogP contribution in [0, 0.1) is 20.8 Å². The van der Waals surface area contributed by atoms with Crippen molar-refractivity contribution in [3.8, 4) is 17.2 Å². The Morgan fingerprint density at radius 3 is 2.45 bits per heavy atom. The molecule has 0 saturated heterocycles. The van der Waals surface area contributed by atoms with E-state index in [2.05, 4.69) is 16.4 Å². The monoisotopic (exact) mass is 454 g/mol. The molecule has 1 heterocycles. The summed E-state index contributed by atoms with van der Waals surface area (Å²) in [5, 5.41) is 3.45. The molecular weight excluding hydrogens is 435 g/mol. The zero-order valence-electron chi connectivity index (χ0n) is 17.5. The number of aryl methyl sites for hydroxylation is 2. The number of carbonyl (C=O) groups is 1. The fourth-order valence-electron chi connectivity index (χ4n) is 3.58. The summed E-state index contributed by atoms with van der Waals surface area (Å²) < 4.78 is 11.2. The van der Waals surface area contributed by atoms with Crippen molar-refractivity contribution in [3.05, 3.63) is 74.8 Å². The van der Waals surface area contributed by atoms with E-state index in [9.17, 15) is 4.79 Å². The number of nitrogens with one attached hydrogen (secondary N) is 1. The minimum atomic E-state index is -0.337. The molecule has 4 aromatic rings. The minimum Gasteiger partial charge on any atom is -0.494 e. The van der Waals surface area contributed by atoms with Gasteiger partial charge in [-0.1, -0.05) is 35.3 Å². The van der Waals surface area contributed by atoms with E-state index in [-0.39, 0.29) is 16.0 Å². The second-order valence-electron chi connectivity index (χ2n) is 7.35. The number of fused-ring (bicyclic) bond motifs is 1. The number of carbonyl (C=O) groups excluding carboxylic acids is 1. The van der Waals surface area contributed by atoms with E-state index in [0.717, 1.165) is 33.4 Å². The number of hydrogen-bond acceptors (Lipinski definition) is 4. The average molecular weight is 455 g/mol. The molecule has 0 saturated carbocycles. The van der Waals surface area contributed by atoms with Crippen LogP contribution in [-0.2, 0) is 0 Å². The summed E-state index contributed by atoms with van der Waals surface area (Å²) in [7, 11) is 1.47. The zero-order valence-corrected chi connectivity index (χ0v) is 19.0. The number of hydrogen-bond donors (Lipinski definition) is 1. The summed E-state index contributed by atoms with van der Waals surface area (Å²) in [4.78, 5) is 17.5. The first-order valence-electron chi connectivity index (χ1n) is 9.60. The molecule has 0 spiro atoms. The number of anilines is 1. The summed E-state index contributed by atoms with van der Waals surface area (Å²) >= 11 is 12.3. The molecule has 0 bridgehead atoms. The number of rotatable bonds is 4. The molecule has 0 unspecified atom stereocenters. The molecule has 0 aliphatic heterocycles. The van der Waals surface area contributed by atoms with E-state index < -0.39 is 0 Å². The Labute approximate surface area is 189 Å². The van der Waals surface area contributed by atoms with Crippen LogP contribution >= 0.6 is 23.2 Å². The van der Waals surface area contributed by atoms with Gasteiger partial charge >= 0.3 is 0 Å². The molecule has 0 radical (unpaired) electrons. The molecular formula is C24H20Cl2N2O3. The van der Waals surface area contributed by atoms with Crippen molar-refractivity contribution in [1.29, 1.82) is 0 Å². The molecule has 0 fully saturated rings. The van der Waals surface area contributed by atoms with Crippen LogP contribution in [0.3, 0.4) is 0 Å². The Bertz CT molecular complexity index is 1310. The van der Waals surface area contributed by atoms with E-state index >= 15 is 0 Å². The Morgan fingerprint density at radius 2 is 1.77 bits per heavy atom. The van der Waals surface area contributed by atoms with Gasteiger partial charge in [0.2, 0.25) is 5.89 Å². The van der Waals surface area contributed by atoms with Gasteiger partial charge in [0.1, 0.15) is 5.52 Å². The smallest absolute Gasteiger partial charge is 0.255 e. The number of methoxy groups -OCH3 is 1. The first-order valence-corrected chi connectivity index (χ1v) is 10.4. The van der Waals surface area contributed by atoms with Crippen LogP contribution in [0.25, 0.3) is 22.6 Å². The Morgan fingerprint density at radius 1 is 1.06 bits per heavy atom. The van der Waals surface area contributed by atoms with Crippen LogP contribution < -0.4 is 10.1 Å². The van der Waals surface area contributed by atoms with Gasteiger partial charge in [0.25, 0.3) is 5.91 Å². The summed E-state index contributed by atoms with van der Waals surface area (Å²) in [6.07, 6.45) is 0. The number of oxazole rings is 1. The molecule has 0 atom stereocenters. The van der Waals surface area contributed by atoms with Gasteiger partial charge in [-0.15, -0.1) is 0 Å². The van der Waals surface area contributed by atoms with Gasteiger partial charge in [0.15, 0.2) is 11.3 Å². The Balaban J connectivity index is 1.69. The summed E-state index contributed by atoms with van der Waals surface area (Å²) in [6, 6.07) is 12.7. The third kappa shape index (κ3) is 3.99. The van der Waals surface area contributed by atoms with Gasteiger partial charge in [-0.25, -0.2) is 4.98 Å². The number of aromatic nitrogens is 1. The highest BCUT2D eigenvalue weighted by atomic mass is 35.5. The number of benzene rings is 3. The van der Waals surface area contributed by atoms with Crippen molar-refractivity contribution in [2.24, 2.45) is 0 Å². The van der Waals surface area contributed by atoms with Crippen molar-refractivity contribution in [2.45, 2.75) is 20.8 Å². The first-order chi connectivity index (χ1) is 14.8. The molecule has 1 amide bonds. The summed E-state index contributed by atoms with van der Waals surface area (Å²) in [6.45, 7) is 5.94. The maximum absolute atomic E-state index is 12.8. The van der Waals surface area contributed by atoms with E-state index in [1.807, 2.05) is 45.0 Å². The number of nitrogens with zero attached hydrogens (tertiary/aromatic N) is 1. The maximum atomic E-state index is 12.8. The van der Waals surface area contributed by atoms with Gasteiger partial charge < -0.3 is 14.5 Å². The Kier molecular flexibility index (Phi) is 5.65. The van der Waals surface area contributed by atoms with Crippen molar-refractivity contribution >= 4 is 45.9 Å². The van der Waals surface area contributed by atoms with Gasteiger partial charge in [0.05, 0.1) is 17.2 Å². The van der Waals surface area contributed by atoms with E-state index in [1.165, 1.54) is 19.2 Å². The van der Waals surface area contributed by atoms with Crippen LogP contribution in [0.1, 0.15) is 27.0 Å². The normalized spacial score (nSPS) is 11.0. The SMILES string of the molecule is COc1c(Cl)cc(C(=O)Nc2cccc(-c3nc4cc(C)cc(C)c4o3)c2C)cc1Cl. The number of halogens is 2. The lowest BCUT2D eigenvalue weighted by atomic mass is 10.1. The summed E-state index contributed by atoms with van der Waals surface area (Å²) in [5.74, 6) is 0.503. The lowest BCUT2D eigenvalue weighted by molar-refractivity contribution is 0.102. The first kappa shape index (κ1) is 21.2. The van der Waals surface area contributed by atoms with Gasteiger partial charge in [-0.05, 0) is 67.8 Å². The zero-order chi connectivity index (χ0) is 22.3. The van der Waals surface area contributed by atoms with E-state index in [4.69, 9.17) is 32.4 Å². The fraction of sp³-hybridized carbons (Fsp3) is 0.167. The number of amides is 1. The van der Waals surface area contributed by atoms with Crippen molar-refractivity contribution in [1.82, 2.24) is 4.98 Å². The largest absolute Gasteiger partial charge is 0.494 e. The standard InChI is InChI=1S/C24H20Cl2N2O3/c1-12-8-13(2)21-20(9-12)28-24(31-21)16-6-5-7-19(14(16)3)27-23(29)15-10-17(25)22(30-4)18(26)11-15/h5-11H,1-4H3,(H,27,29). The molecule has 31 heavy (non-hydrogen) atoms. The highest BCUT2D eigenvalue weighted by Crippen LogP contribution is 2.35. The topological polar surface area (TPSA) is 64.4 Å². The second-order valence-corrected chi connectivity index (χ2v) is 8.17. The molecule has 1 N–H and O–H groups in total. The predicted octanol–water partition coefficient (Wildman–Crippen LogP) is 6.99. The highest BCUT2D eigenvalue weighted by molar-refractivity contribution is 6.37. The highest BCUT2D eigenvalue weighted by Gasteiger charge is 2.17. The van der Waals surface area contributed by atoms with Crippen LogP contribution in [-0.4, -0.2) is 18.0 Å². The van der Waals surface area contributed by atoms with Gasteiger partial charge in [0, 0.05) is 16.8 Å². The lowest BCUT2D eigenvalue weighted by Crippen LogP contribution is -2.13. The van der Waals surface area contributed by atoms with Crippen LogP contribution in [0.2, 0.25) is 10.0 Å². The second kappa shape index (κ2) is 8.25. The third-order valence-corrected chi connectivity index (χ3v) is 5.66. The molecule has 158 valence electrons. The molecule has 7 heteroatoms. The fourth-order valence-corrected chi connectivity index (χ4v) is 4.22. The minimum absolute atomic E-state index is 0.266. The molecule has 1 aromatic heterocycles. The van der Waals surface area contributed by atoms with Crippen LogP contribution in [0.15, 0.2) is 46.9 Å². The van der Waals surface area contributed by atoms with Crippen LogP contribution in [0.4, 0.5) is 5.69 Å². The van der Waals surface area contributed by atoms with Crippen molar-refractivity contribution in [2.75, 3.05) is 12.4 Å². The Hall–Kier alpha value is -3.02. The molecule has 0 aliphatic carbocycles. The van der Waals surface area contributed by atoms with Gasteiger partial charge in [-0.3, -0.25) is 4.79 Å². The average Bonchev–Trinajstić information content (AvgIpc) is 3.13. The lowest BCUT2D eigenvalue weighted by Gasteiger charge is -2.12. The van der Waals surface area contributed by atoms with E-state index in [0.29, 0.717) is 22.9 Å². The molecule has 3 aromatic carbocycles. The predicted molar refractivity (Wildman–Crippen MR) is 125 cm³/mol. The van der Waals surface area contributed by atoms with E-state index in [1.54, 1.807) is 0 Å². The third-order valence-electron chi connectivity index (χ3n) is 5.10.